The molecule has 2 atom stereocenters. The SMILES string of the molecule is CC1NC(c2ccccc2)C(=O)N1CCOCC(F)(F)F. The molecule has 1 saturated heterocycles. The normalized spacial score (nSPS) is 22.9. The number of benzene rings is 1. The second-order valence-corrected chi connectivity index (χ2v) is 4.89. The molecule has 1 heterocycles. The summed E-state index contributed by atoms with van der Waals surface area (Å²) in [6.07, 6.45) is -4.58. The smallest absolute Gasteiger partial charge is 0.370 e. The fraction of sp³-hybridized carbons (Fsp3) is 0.500. The fourth-order valence-electron chi connectivity index (χ4n) is 2.30. The molecule has 0 spiro atoms. The Morgan fingerprint density at radius 1 is 1.29 bits per heavy atom. The molecule has 1 N–H and O–H groups in total. The molecule has 1 aliphatic rings. The first-order valence-electron chi connectivity index (χ1n) is 6.64. The van der Waals surface area contributed by atoms with E-state index in [4.69, 9.17) is 0 Å². The Labute approximate surface area is 120 Å². The molecule has 0 bridgehead atoms. The maximum atomic E-state index is 12.3. The molecular formula is C14H17F3N2O2. The summed E-state index contributed by atoms with van der Waals surface area (Å²) >= 11 is 0. The van der Waals surface area contributed by atoms with Gasteiger partial charge in [-0.25, -0.2) is 0 Å². The second-order valence-electron chi connectivity index (χ2n) is 4.89. The summed E-state index contributed by atoms with van der Waals surface area (Å²) < 4.78 is 40.5. The molecule has 21 heavy (non-hydrogen) atoms. The van der Waals surface area contributed by atoms with E-state index in [-0.39, 0.29) is 25.2 Å². The summed E-state index contributed by atoms with van der Waals surface area (Å²) in [6, 6.07) is 8.75. The molecule has 2 unspecified atom stereocenters. The van der Waals surface area contributed by atoms with E-state index in [2.05, 4.69) is 10.1 Å². The van der Waals surface area contributed by atoms with Crippen LogP contribution in [0, 0.1) is 0 Å². The van der Waals surface area contributed by atoms with Gasteiger partial charge in [0.1, 0.15) is 12.6 Å². The van der Waals surface area contributed by atoms with E-state index >= 15 is 0 Å². The summed E-state index contributed by atoms with van der Waals surface area (Å²) in [5.41, 5.74) is 0.841. The molecule has 1 amide bonds. The van der Waals surface area contributed by atoms with Crippen LogP contribution in [0.25, 0.3) is 0 Å². The van der Waals surface area contributed by atoms with Gasteiger partial charge < -0.3 is 9.64 Å². The van der Waals surface area contributed by atoms with Gasteiger partial charge in [-0.3, -0.25) is 10.1 Å². The number of alkyl halides is 3. The predicted molar refractivity (Wildman–Crippen MR) is 70.4 cm³/mol. The summed E-state index contributed by atoms with van der Waals surface area (Å²) in [4.78, 5) is 13.8. The summed E-state index contributed by atoms with van der Waals surface area (Å²) in [5.74, 6) is -0.149. The lowest BCUT2D eigenvalue weighted by Gasteiger charge is -2.20. The van der Waals surface area contributed by atoms with Gasteiger partial charge in [0.2, 0.25) is 5.91 Å². The molecule has 1 aromatic carbocycles. The lowest BCUT2D eigenvalue weighted by molar-refractivity contribution is -0.174. The van der Waals surface area contributed by atoms with Gasteiger partial charge in [-0.1, -0.05) is 30.3 Å². The highest BCUT2D eigenvalue weighted by Crippen LogP contribution is 2.23. The van der Waals surface area contributed by atoms with Crippen molar-refractivity contribution in [2.75, 3.05) is 19.8 Å². The third kappa shape index (κ3) is 4.18. The minimum absolute atomic E-state index is 0.131. The highest BCUT2D eigenvalue weighted by Gasteiger charge is 2.37. The van der Waals surface area contributed by atoms with E-state index in [9.17, 15) is 18.0 Å². The van der Waals surface area contributed by atoms with Crippen molar-refractivity contribution in [1.82, 2.24) is 10.2 Å². The zero-order valence-electron chi connectivity index (χ0n) is 11.6. The van der Waals surface area contributed by atoms with Crippen LogP contribution in [-0.2, 0) is 9.53 Å². The van der Waals surface area contributed by atoms with Gasteiger partial charge in [0, 0.05) is 6.54 Å². The summed E-state index contributed by atoms with van der Waals surface area (Å²) in [6.45, 7) is 0.495. The molecule has 116 valence electrons. The highest BCUT2D eigenvalue weighted by molar-refractivity contribution is 5.85. The van der Waals surface area contributed by atoms with E-state index < -0.39 is 18.8 Å². The molecular weight excluding hydrogens is 285 g/mol. The number of nitrogens with zero attached hydrogens (tertiary/aromatic N) is 1. The van der Waals surface area contributed by atoms with Gasteiger partial charge in [0.05, 0.1) is 12.8 Å². The minimum atomic E-state index is -4.34. The largest absolute Gasteiger partial charge is 0.411 e. The molecule has 0 aliphatic carbocycles. The van der Waals surface area contributed by atoms with Gasteiger partial charge in [0.15, 0.2) is 0 Å². The van der Waals surface area contributed by atoms with Crippen molar-refractivity contribution in [3.63, 3.8) is 0 Å². The van der Waals surface area contributed by atoms with Crippen molar-refractivity contribution in [3.8, 4) is 0 Å². The number of nitrogens with one attached hydrogen (secondary N) is 1. The van der Waals surface area contributed by atoms with Crippen molar-refractivity contribution in [3.05, 3.63) is 35.9 Å². The van der Waals surface area contributed by atoms with E-state index in [1.807, 2.05) is 30.3 Å². The Balaban J connectivity index is 1.89. The Kier molecular flexibility index (Phi) is 4.84. The van der Waals surface area contributed by atoms with Crippen LogP contribution < -0.4 is 5.32 Å². The summed E-state index contributed by atoms with van der Waals surface area (Å²) in [5, 5.41) is 3.13. The van der Waals surface area contributed by atoms with Gasteiger partial charge >= 0.3 is 6.18 Å². The third-order valence-corrected chi connectivity index (χ3v) is 3.28. The van der Waals surface area contributed by atoms with Gasteiger partial charge in [-0.2, -0.15) is 13.2 Å². The molecule has 2 rings (SSSR count). The lowest BCUT2D eigenvalue weighted by Crippen LogP contribution is -2.37. The van der Waals surface area contributed by atoms with Crippen molar-refractivity contribution < 1.29 is 22.7 Å². The first-order chi connectivity index (χ1) is 9.88. The minimum Gasteiger partial charge on any atom is -0.370 e. The monoisotopic (exact) mass is 302 g/mol. The Bertz CT molecular complexity index is 479. The quantitative estimate of drug-likeness (QED) is 0.847. The number of hydrogen-bond donors (Lipinski definition) is 1. The van der Waals surface area contributed by atoms with Gasteiger partial charge in [-0.15, -0.1) is 0 Å². The average molecular weight is 302 g/mol. The first-order valence-corrected chi connectivity index (χ1v) is 6.64. The molecule has 0 aromatic heterocycles. The number of rotatable bonds is 5. The third-order valence-electron chi connectivity index (χ3n) is 3.28. The number of carbonyl (C=O) groups excluding carboxylic acids is 1. The lowest BCUT2D eigenvalue weighted by atomic mass is 10.1. The second kappa shape index (κ2) is 6.44. The molecule has 4 nitrogen and oxygen atoms in total. The Morgan fingerprint density at radius 3 is 2.57 bits per heavy atom. The number of hydrogen-bond acceptors (Lipinski definition) is 3. The fourth-order valence-corrected chi connectivity index (χ4v) is 2.30. The van der Waals surface area contributed by atoms with Crippen molar-refractivity contribution >= 4 is 5.91 Å². The average Bonchev–Trinajstić information content (AvgIpc) is 2.71. The molecule has 7 heteroatoms. The highest BCUT2D eigenvalue weighted by atomic mass is 19.4. The maximum absolute atomic E-state index is 12.3. The number of carbonyl (C=O) groups is 1. The van der Waals surface area contributed by atoms with E-state index in [0.717, 1.165) is 5.56 Å². The van der Waals surface area contributed by atoms with Crippen LogP contribution in [0.5, 0.6) is 0 Å². The molecule has 1 aromatic rings. The molecule has 0 radical (unpaired) electrons. The predicted octanol–water partition coefficient (Wildman–Crippen LogP) is 2.08. The van der Waals surface area contributed by atoms with E-state index in [1.54, 1.807) is 6.92 Å². The standard InChI is InChI=1S/C14H17F3N2O2/c1-10-18-12(11-5-3-2-4-6-11)13(20)19(10)7-8-21-9-14(15,16)17/h2-6,10,12,18H,7-9H2,1H3. The van der Waals surface area contributed by atoms with Crippen molar-refractivity contribution in [2.45, 2.75) is 25.3 Å². The number of amides is 1. The number of halogens is 3. The van der Waals surface area contributed by atoms with Crippen LogP contribution in [0.4, 0.5) is 13.2 Å². The molecule has 1 aliphatic heterocycles. The molecule has 1 fully saturated rings. The Hall–Kier alpha value is -1.60. The van der Waals surface area contributed by atoms with E-state index in [1.165, 1.54) is 4.90 Å². The first kappa shape index (κ1) is 15.8. The topological polar surface area (TPSA) is 41.6 Å². The van der Waals surface area contributed by atoms with Crippen LogP contribution in [0.2, 0.25) is 0 Å². The van der Waals surface area contributed by atoms with Gasteiger partial charge in [-0.05, 0) is 12.5 Å². The van der Waals surface area contributed by atoms with Crippen molar-refractivity contribution in [1.29, 1.82) is 0 Å². The maximum Gasteiger partial charge on any atom is 0.411 e. The van der Waals surface area contributed by atoms with Gasteiger partial charge in [0.25, 0.3) is 0 Å². The van der Waals surface area contributed by atoms with Crippen LogP contribution in [-0.4, -0.2) is 42.9 Å². The zero-order valence-corrected chi connectivity index (χ0v) is 11.6. The Morgan fingerprint density at radius 2 is 1.95 bits per heavy atom. The number of ether oxygens (including phenoxy) is 1. The zero-order chi connectivity index (χ0) is 15.5. The van der Waals surface area contributed by atoms with Crippen molar-refractivity contribution in [2.24, 2.45) is 0 Å². The van der Waals surface area contributed by atoms with E-state index in [0.29, 0.717) is 0 Å². The van der Waals surface area contributed by atoms with Crippen LogP contribution >= 0.6 is 0 Å². The van der Waals surface area contributed by atoms with Crippen LogP contribution in [0.3, 0.4) is 0 Å². The molecule has 0 saturated carbocycles. The van der Waals surface area contributed by atoms with Crippen LogP contribution in [0.1, 0.15) is 18.5 Å². The summed E-state index contributed by atoms with van der Waals surface area (Å²) in [7, 11) is 0. The van der Waals surface area contributed by atoms with Crippen LogP contribution in [0.15, 0.2) is 30.3 Å².